The quantitative estimate of drug-likeness (QED) is 0.0427. The molecule has 3 rings (SSSR count). The van der Waals surface area contributed by atoms with Gasteiger partial charge in [0, 0.05) is 12.8 Å². The Balaban J connectivity index is 2.02. The van der Waals surface area contributed by atoms with Gasteiger partial charge in [0.15, 0.2) is 6.29 Å². The van der Waals surface area contributed by atoms with Crippen molar-refractivity contribution in [3.8, 4) is 0 Å². The fourth-order valence-electron chi connectivity index (χ4n) is 7.23. The molecule has 3 aliphatic rings. The molecule has 0 unspecified atom stereocenters. The molecule has 3 fully saturated rings. The molecule has 2 amide bonds. The molecule has 3 saturated heterocycles. The van der Waals surface area contributed by atoms with Gasteiger partial charge in [-0.2, -0.15) is 0 Å². The second-order valence-corrected chi connectivity index (χ2v) is 15.3. The average Bonchev–Trinajstić information content (AvgIpc) is 3.28. The first-order valence-electron chi connectivity index (χ1n) is 19.6. The van der Waals surface area contributed by atoms with Crippen molar-refractivity contribution in [2.75, 3.05) is 46.2 Å². The Hall–Kier alpha value is -3.04. The molecular formula is C34H58N2O29. The maximum atomic E-state index is 12.9. The SMILES string of the molecule is O=C(CO)N[C@H]1[C@H]([C@H](O)[C@H](O)CO)O[C@@](O[C@H](CO)[C@@H](O)[C@@H]2O[C@@](OC[C@H]3O[C@@H](O[C@@H]([C@H](O)[C@@H](O)CO)[C@H](O)CO)[C@H](O)[C@@H](O)[C@H]3O)(C(=O)O)C[C@H](O)[C@H]2NC(=O)CO)(C(=O)O)C[C@@H]1O. The van der Waals surface area contributed by atoms with Gasteiger partial charge in [-0.3, -0.25) is 9.59 Å². The van der Waals surface area contributed by atoms with Crippen LogP contribution in [-0.4, -0.2) is 295 Å². The molecule has 0 aromatic rings. The highest BCUT2D eigenvalue weighted by Gasteiger charge is 2.60. The first-order valence-corrected chi connectivity index (χ1v) is 19.6. The summed E-state index contributed by atoms with van der Waals surface area (Å²) < 4.78 is 32.7. The minimum Gasteiger partial charge on any atom is -0.477 e. The summed E-state index contributed by atoms with van der Waals surface area (Å²) in [6.45, 7) is -8.70. The Morgan fingerprint density at radius 1 is 0.615 bits per heavy atom. The number of rotatable bonds is 24. The van der Waals surface area contributed by atoms with Crippen LogP contribution in [0.4, 0.5) is 0 Å². The summed E-state index contributed by atoms with van der Waals surface area (Å²) in [6.07, 6.45) is -40.4. The highest BCUT2D eigenvalue weighted by molar-refractivity contribution is 5.79. The van der Waals surface area contributed by atoms with Crippen LogP contribution in [0.15, 0.2) is 0 Å². The van der Waals surface area contributed by atoms with Gasteiger partial charge in [-0.25, -0.2) is 9.59 Å². The van der Waals surface area contributed by atoms with Crippen molar-refractivity contribution in [2.24, 2.45) is 0 Å². The van der Waals surface area contributed by atoms with E-state index in [0.29, 0.717) is 0 Å². The maximum Gasteiger partial charge on any atom is 0.364 e. The minimum atomic E-state index is -3.32. The van der Waals surface area contributed by atoms with Crippen LogP contribution in [0.1, 0.15) is 12.8 Å². The summed E-state index contributed by atoms with van der Waals surface area (Å²) in [5, 5.41) is 199. The normalized spacial score (nSPS) is 36.8. The molecule has 3 heterocycles. The summed E-state index contributed by atoms with van der Waals surface area (Å²) in [5.41, 5.74) is 0. The molecule has 65 heavy (non-hydrogen) atoms. The molecule has 31 heteroatoms. The van der Waals surface area contributed by atoms with Crippen molar-refractivity contribution in [1.82, 2.24) is 10.6 Å². The van der Waals surface area contributed by atoms with Crippen LogP contribution in [0.25, 0.3) is 0 Å². The maximum absolute atomic E-state index is 12.9. The molecule has 0 aliphatic carbocycles. The van der Waals surface area contributed by atoms with Crippen LogP contribution in [0.5, 0.6) is 0 Å². The van der Waals surface area contributed by atoms with Gasteiger partial charge >= 0.3 is 11.9 Å². The Morgan fingerprint density at radius 3 is 1.55 bits per heavy atom. The van der Waals surface area contributed by atoms with Crippen molar-refractivity contribution in [1.29, 1.82) is 0 Å². The number of aliphatic hydroxyl groups excluding tert-OH is 17. The molecular weight excluding hydrogens is 900 g/mol. The summed E-state index contributed by atoms with van der Waals surface area (Å²) >= 11 is 0. The smallest absolute Gasteiger partial charge is 0.364 e. The van der Waals surface area contributed by atoms with Crippen molar-refractivity contribution in [3.05, 3.63) is 0 Å². The van der Waals surface area contributed by atoms with E-state index in [0.717, 1.165) is 0 Å². The zero-order valence-corrected chi connectivity index (χ0v) is 33.9. The van der Waals surface area contributed by atoms with Gasteiger partial charge in [0.2, 0.25) is 11.8 Å². The summed E-state index contributed by atoms with van der Waals surface area (Å²) in [5.74, 6) is -13.4. The van der Waals surface area contributed by atoms with Crippen molar-refractivity contribution < 1.29 is 145 Å². The number of carbonyl (C=O) groups excluding carboxylic acids is 2. The third kappa shape index (κ3) is 12.9. The van der Waals surface area contributed by atoms with Gasteiger partial charge in [0.1, 0.15) is 98.7 Å². The second-order valence-electron chi connectivity index (χ2n) is 15.3. The lowest BCUT2D eigenvalue weighted by molar-refractivity contribution is -0.356. The van der Waals surface area contributed by atoms with Gasteiger partial charge in [0.05, 0.1) is 57.3 Å². The molecule has 21 N–H and O–H groups in total. The van der Waals surface area contributed by atoms with Gasteiger partial charge in [-0.15, -0.1) is 0 Å². The summed E-state index contributed by atoms with van der Waals surface area (Å²) in [7, 11) is 0. The number of aliphatic carboxylic acids is 2. The highest BCUT2D eigenvalue weighted by Crippen LogP contribution is 2.38. The Morgan fingerprint density at radius 2 is 1.09 bits per heavy atom. The largest absolute Gasteiger partial charge is 0.477 e. The highest BCUT2D eigenvalue weighted by atomic mass is 16.8. The number of carboxylic acids is 2. The van der Waals surface area contributed by atoms with E-state index >= 15 is 0 Å². The number of ether oxygens (including phenoxy) is 6. The predicted molar refractivity (Wildman–Crippen MR) is 197 cm³/mol. The van der Waals surface area contributed by atoms with E-state index < -0.39 is 210 Å². The molecule has 0 saturated carbocycles. The number of carbonyl (C=O) groups is 4. The molecule has 0 spiro atoms. The first kappa shape index (κ1) is 56.3. The van der Waals surface area contributed by atoms with Gasteiger partial charge in [-0.1, -0.05) is 0 Å². The molecule has 0 bridgehead atoms. The van der Waals surface area contributed by atoms with E-state index in [2.05, 4.69) is 0 Å². The van der Waals surface area contributed by atoms with Crippen LogP contribution in [0.2, 0.25) is 0 Å². The van der Waals surface area contributed by atoms with E-state index in [1.165, 1.54) is 0 Å². The molecule has 0 radical (unpaired) electrons. The van der Waals surface area contributed by atoms with E-state index in [1.807, 2.05) is 10.6 Å². The van der Waals surface area contributed by atoms with Gasteiger partial charge < -0.3 is 136 Å². The standard InChI is InChI=1S/C34H58N2O29/c37-3-12(45)21(50)27(14(47)5-39)62-30-26(55)25(54)23(52)16(61-30)9-60-33(31(56)57)1-10(43)20(36-18(49)8-42)29(64-33)24(53)15(6-40)63-34(32(58)59)2-11(44)19(35-17(48)7-41)28(65-34)22(51)13(46)4-38/h10-16,19-30,37-47,50-55H,1-9H2,(H,35,48)(H,36,49)(H,56,57)(H,58,59)/t10-,11-,12-,13+,14+,15+,16+,19+,20+,21+,22+,23-,24+,25-,26+,27+,28+,29+,30-,33+,34+/m0/s1. The lowest BCUT2D eigenvalue weighted by Gasteiger charge is -2.50. The third-order valence-corrected chi connectivity index (χ3v) is 10.8. The van der Waals surface area contributed by atoms with Crippen LogP contribution in [-0.2, 0) is 47.6 Å². The number of aliphatic hydroxyl groups is 17. The number of hydrogen-bond acceptors (Lipinski definition) is 27. The van der Waals surface area contributed by atoms with Gasteiger partial charge in [-0.05, 0) is 0 Å². The zero-order chi connectivity index (χ0) is 49.3. The van der Waals surface area contributed by atoms with Crippen molar-refractivity contribution in [3.63, 3.8) is 0 Å². The molecule has 0 aromatic carbocycles. The Kier molecular flexibility index (Phi) is 21.0. The molecule has 3 aliphatic heterocycles. The molecule has 21 atom stereocenters. The number of carboxylic acid groups (broad SMARTS) is 2. The fourth-order valence-corrected chi connectivity index (χ4v) is 7.23. The molecule has 378 valence electrons. The third-order valence-electron chi connectivity index (χ3n) is 10.8. The topological polar surface area (TPSA) is 532 Å². The van der Waals surface area contributed by atoms with E-state index in [9.17, 15) is 116 Å². The van der Waals surface area contributed by atoms with Gasteiger partial charge in [0.25, 0.3) is 11.6 Å². The fraction of sp³-hybridized carbons (Fsp3) is 0.882. The van der Waals surface area contributed by atoms with Crippen LogP contribution in [0.3, 0.4) is 0 Å². The van der Waals surface area contributed by atoms with Crippen molar-refractivity contribution >= 4 is 23.8 Å². The number of nitrogens with one attached hydrogen (secondary N) is 2. The van der Waals surface area contributed by atoms with E-state index in [-0.39, 0.29) is 0 Å². The van der Waals surface area contributed by atoms with Crippen LogP contribution >= 0.6 is 0 Å². The second kappa shape index (κ2) is 24.3. The first-order chi connectivity index (χ1) is 30.4. The summed E-state index contributed by atoms with van der Waals surface area (Å²) in [6, 6.07) is -3.87. The monoisotopic (exact) mass is 958 g/mol. The van der Waals surface area contributed by atoms with E-state index in [1.54, 1.807) is 0 Å². The van der Waals surface area contributed by atoms with Crippen molar-refractivity contribution in [2.45, 2.75) is 140 Å². The molecule has 0 aromatic heterocycles. The summed E-state index contributed by atoms with van der Waals surface area (Å²) in [4.78, 5) is 50.2. The number of hydrogen-bond donors (Lipinski definition) is 21. The lowest BCUT2D eigenvalue weighted by Crippen LogP contribution is -2.71. The average molecular weight is 959 g/mol. The molecule has 31 nitrogen and oxygen atoms in total. The predicted octanol–water partition coefficient (Wildman–Crippen LogP) is -13.5. The van der Waals surface area contributed by atoms with Crippen LogP contribution in [0, 0.1) is 0 Å². The number of amides is 2. The minimum absolute atomic E-state index is 1.11. The zero-order valence-electron chi connectivity index (χ0n) is 33.9. The van der Waals surface area contributed by atoms with Crippen LogP contribution < -0.4 is 10.6 Å². The lowest BCUT2D eigenvalue weighted by atomic mass is 9.87. The Bertz CT molecular complexity index is 1550. The Labute approximate surface area is 365 Å². The van der Waals surface area contributed by atoms with E-state index in [4.69, 9.17) is 28.4 Å².